The first kappa shape index (κ1) is 16.6. The third-order valence-electron chi connectivity index (χ3n) is 4.17. The number of hydrogen-bond acceptors (Lipinski definition) is 2. The van der Waals surface area contributed by atoms with Gasteiger partial charge >= 0.3 is 0 Å². The summed E-state index contributed by atoms with van der Waals surface area (Å²) < 4.78 is 1.10. The fourth-order valence-electron chi connectivity index (χ4n) is 3.04. The number of carbonyl (C=O) groups is 1. The quantitative estimate of drug-likeness (QED) is 0.646. The van der Waals surface area contributed by atoms with Crippen molar-refractivity contribution in [1.29, 1.82) is 0 Å². The van der Waals surface area contributed by atoms with Crippen molar-refractivity contribution >= 4 is 33.6 Å². The molecule has 23 heavy (non-hydrogen) atoms. The van der Waals surface area contributed by atoms with Gasteiger partial charge in [-0.05, 0) is 46.5 Å². The van der Waals surface area contributed by atoms with Crippen LogP contribution in [-0.4, -0.2) is 23.1 Å². The molecule has 2 aromatic rings. The Bertz CT molecular complexity index is 661. The molecule has 0 saturated carbocycles. The first-order chi connectivity index (χ1) is 11.3. The molecule has 3 rings (SSSR count). The Morgan fingerprint density at radius 2 is 1.87 bits per heavy atom. The van der Waals surface area contributed by atoms with Gasteiger partial charge in [-0.1, -0.05) is 42.5 Å². The summed E-state index contributed by atoms with van der Waals surface area (Å²) in [6, 6.07) is 18.8. The van der Waals surface area contributed by atoms with Crippen molar-refractivity contribution in [2.45, 2.75) is 30.2 Å². The molecular formula is C19H20BrNOS. The molecule has 1 fully saturated rings. The normalized spacial score (nSPS) is 17.4. The molecule has 0 N–H and O–H groups in total. The van der Waals surface area contributed by atoms with Crippen LogP contribution in [0.3, 0.4) is 0 Å². The molecule has 0 radical (unpaired) electrons. The van der Waals surface area contributed by atoms with Gasteiger partial charge in [0.15, 0.2) is 0 Å². The van der Waals surface area contributed by atoms with E-state index < -0.39 is 0 Å². The highest BCUT2D eigenvalue weighted by Gasteiger charge is 2.29. The molecule has 2 aromatic carbocycles. The summed E-state index contributed by atoms with van der Waals surface area (Å²) in [6.45, 7) is 0.887. The smallest absolute Gasteiger partial charge is 0.223 e. The van der Waals surface area contributed by atoms with E-state index in [0.717, 1.165) is 29.6 Å². The summed E-state index contributed by atoms with van der Waals surface area (Å²) in [5.41, 5.74) is 1.26. The lowest BCUT2D eigenvalue weighted by atomic mass is 10.0. The Kier molecular flexibility index (Phi) is 5.79. The number of benzene rings is 2. The second kappa shape index (κ2) is 8.02. The molecule has 1 unspecified atom stereocenters. The van der Waals surface area contributed by atoms with E-state index in [-0.39, 0.29) is 11.9 Å². The molecule has 0 aliphatic carbocycles. The molecule has 0 aromatic heterocycles. The summed E-state index contributed by atoms with van der Waals surface area (Å²) in [4.78, 5) is 15.9. The van der Waals surface area contributed by atoms with E-state index >= 15 is 0 Å². The van der Waals surface area contributed by atoms with E-state index in [1.54, 1.807) is 11.8 Å². The topological polar surface area (TPSA) is 20.3 Å². The van der Waals surface area contributed by atoms with Gasteiger partial charge in [0, 0.05) is 28.1 Å². The van der Waals surface area contributed by atoms with Crippen molar-refractivity contribution in [1.82, 2.24) is 4.90 Å². The predicted octanol–water partition coefficient (Wildman–Crippen LogP) is 5.30. The number of likely N-dealkylation sites (tertiary alicyclic amines) is 1. The third-order valence-corrected chi connectivity index (χ3v) is 6.20. The van der Waals surface area contributed by atoms with Gasteiger partial charge in [-0.15, -0.1) is 11.8 Å². The lowest BCUT2D eigenvalue weighted by Gasteiger charge is -2.25. The van der Waals surface area contributed by atoms with Crippen LogP contribution in [-0.2, 0) is 4.79 Å². The van der Waals surface area contributed by atoms with Crippen LogP contribution in [0.1, 0.15) is 30.9 Å². The summed E-state index contributed by atoms with van der Waals surface area (Å²) in [6.07, 6.45) is 2.77. The summed E-state index contributed by atoms with van der Waals surface area (Å²) in [5, 5.41) is 0. The molecule has 0 bridgehead atoms. The second-order valence-electron chi connectivity index (χ2n) is 5.68. The van der Waals surface area contributed by atoms with Crippen LogP contribution in [0.2, 0.25) is 0 Å². The number of rotatable bonds is 5. The number of nitrogens with zero attached hydrogens (tertiary/aromatic N) is 1. The van der Waals surface area contributed by atoms with E-state index in [1.807, 2.05) is 24.3 Å². The van der Waals surface area contributed by atoms with Gasteiger partial charge in [-0.3, -0.25) is 4.79 Å². The molecule has 1 aliphatic rings. The lowest BCUT2D eigenvalue weighted by molar-refractivity contribution is -0.131. The maximum atomic E-state index is 12.6. The molecule has 1 saturated heterocycles. The summed E-state index contributed by atoms with van der Waals surface area (Å²) in [5.74, 6) is 1.09. The molecule has 1 aliphatic heterocycles. The van der Waals surface area contributed by atoms with E-state index in [9.17, 15) is 4.79 Å². The van der Waals surface area contributed by atoms with Crippen LogP contribution in [0.15, 0.2) is 64.0 Å². The van der Waals surface area contributed by atoms with Gasteiger partial charge in [0.2, 0.25) is 5.91 Å². The SMILES string of the molecule is O=C(CCSc1ccccc1Br)N1CCCC1c1ccccc1. The number of carbonyl (C=O) groups excluding carboxylic acids is 1. The Hall–Kier alpha value is -1.26. The molecule has 1 amide bonds. The van der Waals surface area contributed by atoms with Crippen LogP contribution in [0.5, 0.6) is 0 Å². The lowest BCUT2D eigenvalue weighted by Crippen LogP contribution is -2.30. The molecule has 0 spiro atoms. The van der Waals surface area contributed by atoms with Crippen molar-refractivity contribution in [3.8, 4) is 0 Å². The van der Waals surface area contributed by atoms with E-state index in [4.69, 9.17) is 0 Å². The average Bonchev–Trinajstić information content (AvgIpc) is 3.07. The Morgan fingerprint density at radius 1 is 1.13 bits per heavy atom. The van der Waals surface area contributed by atoms with Crippen molar-refractivity contribution in [3.05, 3.63) is 64.6 Å². The van der Waals surface area contributed by atoms with Crippen molar-refractivity contribution < 1.29 is 4.79 Å². The van der Waals surface area contributed by atoms with Gasteiger partial charge in [-0.2, -0.15) is 0 Å². The van der Waals surface area contributed by atoms with Gasteiger partial charge in [0.25, 0.3) is 0 Å². The first-order valence-electron chi connectivity index (χ1n) is 7.97. The maximum Gasteiger partial charge on any atom is 0.223 e. The van der Waals surface area contributed by atoms with Gasteiger partial charge in [0.1, 0.15) is 0 Å². The fraction of sp³-hybridized carbons (Fsp3) is 0.316. The highest BCUT2D eigenvalue weighted by atomic mass is 79.9. The minimum absolute atomic E-state index is 0.261. The van der Waals surface area contributed by atoms with Crippen LogP contribution < -0.4 is 0 Å². The minimum Gasteiger partial charge on any atom is -0.336 e. The molecular weight excluding hydrogens is 370 g/mol. The van der Waals surface area contributed by atoms with Crippen LogP contribution in [0.25, 0.3) is 0 Å². The molecule has 4 heteroatoms. The molecule has 1 heterocycles. The zero-order valence-electron chi connectivity index (χ0n) is 13.0. The van der Waals surface area contributed by atoms with Crippen LogP contribution in [0, 0.1) is 0 Å². The average molecular weight is 390 g/mol. The number of thioether (sulfide) groups is 1. The number of hydrogen-bond donors (Lipinski definition) is 0. The van der Waals surface area contributed by atoms with Crippen molar-refractivity contribution in [2.24, 2.45) is 0 Å². The maximum absolute atomic E-state index is 12.6. The Morgan fingerprint density at radius 3 is 2.65 bits per heavy atom. The Balaban J connectivity index is 1.56. The predicted molar refractivity (Wildman–Crippen MR) is 99.6 cm³/mol. The third kappa shape index (κ3) is 4.18. The summed E-state index contributed by atoms with van der Waals surface area (Å²) >= 11 is 5.29. The van der Waals surface area contributed by atoms with E-state index in [1.165, 1.54) is 10.5 Å². The number of halogens is 1. The first-order valence-corrected chi connectivity index (χ1v) is 9.75. The minimum atomic E-state index is 0.261. The van der Waals surface area contributed by atoms with E-state index in [2.05, 4.69) is 51.2 Å². The summed E-state index contributed by atoms with van der Waals surface area (Å²) in [7, 11) is 0. The Labute approximate surface area is 150 Å². The monoisotopic (exact) mass is 389 g/mol. The molecule has 2 nitrogen and oxygen atoms in total. The highest BCUT2D eigenvalue weighted by molar-refractivity contribution is 9.10. The van der Waals surface area contributed by atoms with Crippen molar-refractivity contribution in [3.63, 3.8) is 0 Å². The highest BCUT2D eigenvalue weighted by Crippen LogP contribution is 2.33. The van der Waals surface area contributed by atoms with Crippen LogP contribution >= 0.6 is 27.7 Å². The second-order valence-corrected chi connectivity index (χ2v) is 7.68. The zero-order chi connectivity index (χ0) is 16.1. The van der Waals surface area contributed by atoms with Gasteiger partial charge < -0.3 is 4.90 Å². The van der Waals surface area contributed by atoms with Gasteiger partial charge in [0.05, 0.1) is 6.04 Å². The van der Waals surface area contributed by atoms with Gasteiger partial charge in [-0.25, -0.2) is 0 Å². The van der Waals surface area contributed by atoms with Crippen molar-refractivity contribution in [2.75, 3.05) is 12.3 Å². The molecule has 120 valence electrons. The zero-order valence-corrected chi connectivity index (χ0v) is 15.4. The van der Waals surface area contributed by atoms with Crippen LogP contribution in [0.4, 0.5) is 0 Å². The van der Waals surface area contributed by atoms with E-state index in [0.29, 0.717) is 6.42 Å². The number of amides is 1. The fourth-order valence-corrected chi connectivity index (χ4v) is 4.55. The largest absolute Gasteiger partial charge is 0.336 e. The standard InChI is InChI=1S/C19H20BrNOS/c20-16-9-4-5-11-18(16)23-14-12-19(22)21-13-6-10-17(21)15-7-2-1-3-8-15/h1-5,7-9,11,17H,6,10,12-14H2. The molecule has 1 atom stereocenters.